The zero-order chi connectivity index (χ0) is 14.0. The lowest BCUT2D eigenvalue weighted by molar-refractivity contribution is -0.149. The summed E-state index contributed by atoms with van der Waals surface area (Å²) in [6.45, 7) is 6.79. The van der Waals surface area contributed by atoms with Crippen LogP contribution < -0.4 is 5.32 Å². The predicted molar refractivity (Wildman–Crippen MR) is 71.5 cm³/mol. The largest absolute Gasteiger partial charge is 0.373 e. The Morgan fingerprint density at radius 1 is 1.42 bits per heavy atom. The second kappa shape index (κ2) is 5.90. The van der Waals surface area contributed by atoms with Crippen molar-refractivity contribution in [1.29, 1.82) is 0 Å². The van der Waals surface area contributed by atoms with Gasteiger partial charge in [0.25, 0.3) is 0 Å². The summed E-state index contributed by atoms with van der Waals surface area (Å²) in [7, 11) is 0. The van der Waals surface area contributed by atoms with Crippen LogP contribution in [0.3, 0.4) is 0 Å². The topological polar surface area (TPSA) is 58.6 Å². The van der Waals surface area contributed by atoms with Crippen molar-refractivity contribution in [2.45, 2.75) is 58.3 Å². The third kappa shape index (κ3) is 3.08. The lowest BCUT2D eigenvalue weighted by atomic mass is 9.94. The summed E-state index contributed by atoms with van der Waals surface area (Å²) in [5, 5.41) is 2.69. The van der Waals surface area contributed by atoms with Gasteiger partial charge < -0.3 is 15.0 Å². The van der Waals surface area contributed by atoms with Crippen LogP contribution in [0.15, 0.2) is 0 Å². The third-order valence-electron chi connectivity index (χ3n) is 4.24. The van der Waals surface area contributed by atoms with Gasteiger partial charge in [0.1, 0.15) is 6.04 Å². The van der Waals surface area contributed by atoms with Gasteiger partial charge in [0.05, 0.1) is 18.8 Å². The highest BCUT2D eigenvalue weighted by Crippen LogP contribution is 2.24. The Balaban J connectivity index is 2.08. The molecule has 2 aliphatic rings. The van der Waals surface area contributed by atoms with Gasteiger partial charge in [-0.25, -0.2) is 0 Å². The van der Waals surface area contributed by atoms with Crippen LogP contribution >= 0.6 is 0 Å². The van der Waals surface area contributed by atoms with Crippen molar-refractivity contribution < 1.29 is 14.3 Å². The number of piperazine rings is 1. The van der Waals surface area contributed by atoms with E-state index in [1.807, 2.05) is 13.8 Å². The summed E-state index contributed by atoms with van der Waals surface area (Å²) in [5.74, 6) is 0.149. The molecule has 2 heterocycles. The fourth-order valence-corrected chi connectivity index (χ4v) is 2.91. The summed E-state index contributed by atoms with van der Waals surface area (Å²) in [5.41, 5.74) is 0. The summed E-state index contributed by atoms with van der Waals surface area (Å²) in [6.07, 6.45) is 3.23. The minimum absolute atomic E-state index is 0.00746. The minimum atomic E-state index is -0.342. The van der Waals surface area contributed by atoms with E-state index in [4.69, 9.17) is 4.74 Å². The zero-order valence-corrected chi connectivity index (χ0v) is 12.0. The molecule has 4 atom stereocenters. The van der Waals surface area contributed by atoms with Crippen LogP contribution in [0, 0.1) is 5.92 Å². The number of carbonyl (C=O) groups is 2. The molecule has 19 heavy (non-hydrogen) atoms. The molecule has 2 amide bonds. The Labute approximate surface area is 114 Å². The molecule has 108 valence electrons. The number of amides is 2. The summed E-state index contributed by atoms with van der Waals surface area (Å²) < 4.78 is 5.78. The number of carbonyl (C=O) groups excluding carboxylic acids is 2. The van der Waals surface area contributed by atoms with Gasteiger partial charge in [-0.1, -0.05) is 20.3 Å². The third-order valence-corrected chi connectivity index (χ3v) is 4.24. The molecule has 0 aromatic heterocycles. The van der Waals surface area contributed by atoms with Crippen LogP contribution in [-0.4, -0.2) is 48.1 Å². The fraction of sp³-hybridized carbons (Fsp3) is 0.857. The lowest BCUT2D eigenvalue weighted by Crippen LogP contribution is -2.61. The maximum Gasteiger partial charge on any atom is 0.243 e. The van der Waals surface area contributed by atoms with E-state index in [0.29, 0.717) is 6.54 Å². The quantitative estimate of drug-likeness (QED) is 0.825. The van der Waals surface area contributed by atoms with E-state index in [1.165, 1.54) is 0 Å². The van der Waals surface area contributed by atoms with Crippen molar-refractivity contribution in [3.05, 3.63) is 0 Å². The Kier molecular flexibility index (Phi) is 4.45. The van der Waals surface area contributed by atoms with Crippen molar-refractivity contribution in [2.75, 3.05) is 13.1 Å². The minimum Gasteiger partial charge on any atom is -0.373 e. The molecule has 2 aliphatic heterocycles. The molecule has 0 spiro atoms. The van der Waals surface area contributed by atoms with Crippen LogP contribution in [0.4, 0.5) is 0 Å². The van der Waals surface area contributed by atoms with E-state index in [0.717, 1.165) is 19.3 Å². The number of nitrogens with one attached hydrogen (secondary N) is 1. The summed E-state index contributed by atoms with van der Waals surface area (Å²) >= 11 is 0. The van der Waals surface area contributed by atoms with E-state index < -0.39 is 0 Å². The zero-order valence-electron chi connectivity index (χ0n) is 12.0. The van der Waals surface area contributed by atoms with Gasteiger partial charge in [-0.3, -0.25) is 9.59 Å². The molecule has 0 aromatic rings. The van der Waals surface area contributed by atoms with Gasteiger partial charge in [-0.05, 0) is 25.7 Å². The van der Waals surface area contributed by atoms with Crippen molar-refractivity contribution in [1.82, 2.24) is 10.2 Å². The van der Waals surface area contributed by atoms with Gasteiger partial charge in [-0.2, -0.15) is 0 Å². The maximum atomic E-state index is 12.1. The molecule has 5 nitrogen and oxygen atoms in total. The van der Waals surface area contributed by atoms with Gasteiger partial charge in [0.15, 0.2) is 0 Å². The first-order chi connectivity index (χ1) is 9.02. The van der Waals surface area contributed by atoms with Crippen molar-refractivity contribution in [3.8, 4) is 0 Å². The Morgan fingerprint density at radius 3 is 2.74 bits per heavy atom. The van der Waals surface area contributed by atoms with Crippen LogP contribution in [-0.2, 0) is 14.3 Å². The molecule has 0 aliphatic carbocycles. The van der Waals surface area contributed by atoms with E-state index >= 15 is 0 Å². The van der Waals surface area contributed by atoms with Crippen LogP contribution in [0.2, 0.25) is 0 Å². The van der Waals surface area contributed by atoms with E-state index in [9.17, 15) is 9.59 Å². The molecular weight excluding hydrogens is 244 g/mol. The smallest absolute Gasteiger partial charge is 0.243 e. The molecule has 2 saturated heterocycles. The monoisotopic (exact) mass is 268 g/mol. The highest BCUT2D eigenvalue weighted by Gasteiger charge is 2.39. The van der Waals surface area contributed by atoms with Gasteiger partial charge in [0, 0.05) is 6.54 Å². The normalized spacial score (nSPS) is 33.4. The summed E-state index contributed by atoms with van der Waals surface area (Å²) in [4.78, 5) is 25.9. The van der Waals surface area contributed by atoms with Gasteiger partial charge in [0.2, 0.25) is 11.8 Å². The molecule has 0 saturated carbocycles. The van der Waals surface area contributed by atoms with Crippen LogP contribution in [0.25, 0.3) is 0 Å². The maximum absolute atomic E-state index is 12.1. The highest BCUT2D eigenvalue weighted by atomic mass is 16.5. The molecule has 2 rings (SSSR count). The van der Waals surface area contributed by atoms with E-state index in [2.05, 4.69) is 12.2 Å². The standard InChI is InChI=1S/C14H24N2O3/c1-4-9(2)13-14(18)15-7-12(17)16(13)8-11-6-5-10(3)19-11/h9-11,13H,4-8H2,1-3H3,(H,15,18). The van der Waals surface area contributed by atoms with Gasteiger partial charge in [-0.15, -0.1) is 0 Å². The molecule has 0 radical (unpaired) electrons. The number of rotatable bonds is 4. The second-order valence-electron chi connectivity index (χ2n) is 5.74. The molecule has 5 heteroatoms. The van der Waals surface area contributed by atoms with E-state index in [-0.39, 0.29) is 42.5 Å². The van der Waals surface area contributed by atoms with Crippen molar-refractivity contribution >= 4 is 11.8 Å². The molecular formula is C14H24N2O3. The van der Waals surface area contributed by atoms with Crippen molar-refractivity contribution in [2.24, 2.45) is 5.92 Å². The average Bonchev–Trinajstić information content (AvgIpc) is 2.79. The molecule has 0 bridgehead atoms. The molecule has 1 N–H and O–H groups in total. The Bertz CT molecular complexity index is 359. The van der Waals surface area contributed by atoms with Crippen LogP contribution in [0.1, 0.15) is 40.0 Å². The van der Waals surface area contributed by atoms with Crippen LogP contribution in [0.5, 0.6) is 0 Å². The number of ether oxygens (including phenoxy) is 1. The number of hydrogen-bond acceptors (Lipinski definition) is 3. The average molecular weight is 268 g/mol. The predicted octanol–water partition coefficient (Wildman–Crippen LogP) is 0.927. The first-order valence-corrected chi connectivity index (χ1v) is 7.25. The fourth-order valence-electron chi connectivity index (χ4n) is 2.91. The molecule has 0 aromatic carbocycles. The molecule has 4 unspecified atom stereocenters. The second-order valence-corrected chi connectivity index (χ2v) is 5.74. The lowest BCUT2D eigenvalue weighted by Gasteiger charge is -2.39. The Morgan fingerprint density at radius 2 is 2.16 bits per heavy atom. The summed E-state index contributed by atoms with van der Waals surface area (Å²) in [6, 6.07) is -0.342. The van der Waals surface area contributed by atoms with E-state index in [1.54, 1.807) is 4.90 Å². The number of hydrogen-bond donors (Lipinski definition) is 1. The molecule has 2 fully saturated rings. The Hall–Kier alpha value is -1.10. The highest BCUT2D eigenvalue weighted by molar-refractivity contribution is 5.95. The first-order valence-electron chi connectivity index (χ1n) is 7.25. The van der Waals surface area contributed by atoms with Gasteiger partial charge >= 0.3 is 0 Å². The first kappa shape index (κ1) is 14.3. The number of nitrogens with zero attached hydrogens (tertiary/aromatic N) is 1. The van der Waals surface area contributed by atoms with Crippen molar-refractivity contribution in [3.63, 3.8) is 0 Å². The SMILES string of the molecule is CCC(C)C1C(=O)NCC(=O)N1CC1CCC(C)O1.